The van der Waals surface area contributed by atoms with Crippen molar-refractivity contribution in [3.63, 3.8) is 0 Å². The lowest BCUT2D eigenvalue weighted by molar-refractivity contribution is -0.152. The number of aromatic nitrogens is 1. The van der Waals surface area contributed by atoms with Crippen LogP contribution >= 0.6 is 11.6 Å². The number of alkyl halides is 1. The van der Waals surface area contributed by atoms with Crippen LogP contribution in [0, 0.1) is 6.92 Å². The second-order valence-electron chi connectivity index (χ2n) is 15.1. The number of carbonyl (C=O) groups excluding carboxylic acids is 3. The number of likely N-dealkylation sites (N-methyl/N-ethyl adjacent to an activating group) is 1. The third-order valence-corrected chi connectivity index (χ3v) is 14.0. The number of methoxy groups -OCH3 is 1. The molecule has 258 valence electrons. The lowest BCUT2D eigenvalue weighted by Gasteiger charge is -2.36. The summed E-state index contributed by atoms with van der Waals surface area (Å²) in [6.07, 6.45) is 0. The summed E-state index contributed by atoms with van der Waals surface area (Å²) >= 11 is 6.56. The first kappa shape index (κ1) is 35.3. The van der Waals surface area contributed by atoms with Gasteiger partial charge >= 0.3 is 11.9 Å². The minimum absolute atomic E-state index is 0.0662. The summed E-state index contributed by atoms with van der Waals surface area (Å²) in [6, 6.07) is 9.10. The molecule has 0 unspecified atom stereocenters. The average Bonchev–Trinajstić information content (AvgIpc) is 3.67. The molecule has 4 aromatic rings. The number of rotatable bonds is 8. The van der Waals surface area contributed by atoms with E-state index < -0.39 is 19.9 Å². The molecule has 1 aliphatic rings. The van der Waals surface area contributed by atoms with E-state index in [1.165, 1.54) is 7.11 Å². The fourth-order valence-corrected chi connectivity index (χ4v) is 7.15. The number of nitrogens with zero attached hydrogens (tertiary/aromatic N) is 2. The summed E-state index contributed by atoms with van der Waals surface area (Å²) in [6.45, 7) is 18.5. The van der Waals surface area contributed by atoms with Crippen LogP contribution in [0.2, 0.25) is 18.1 Å². The van der Waals surface area contributed by atoms with Gasteiger partial charge in [0.15, 0.2) is 5.76 Å². The van der Waals surface area contributed by atoms with Crippen LogP contribution in [0.3, 0.4) is 0 Å². The molecule has 10 nitrogen and oxygen atoms in total. The van der Waals surface area contributed by atoms with Gasteiger partial charge < -0.3 is 33.1 Å². The Morgan fingerprint density at radius 3 is 2.40 bits per heavy atom. The maximum absolute atomic E-state index is 14.3. The summed E-state index contributed by atoms with van der Waals surface area (Å²) in [5.74, 6) is -0.458. The minimum Gasteiger partial charge on any atom is -0.542 e. The third kappa shape index (κ3) is 6.54. The van der Waals surface area contributed by atoms with Crippen molar-refractivity contribution in [3.05, 3.63) is 52.9 Å². The van der Waals surface area contributed by atoms with Crippen molar-refractivity contribution in [1.29, 1.82) is 0 Å². The number of fused-ring (bicyclic) bond motifs is 4. The number of halogens is 1. The van der Waals surface area contributed by atoms with Gasteiger partial charge in [-0.1, -0.05) is 20.8 Å². The Morgan fingerprint density at radius 1 is 1.10 bits per heavy atom. The number of nitrogens with one attached hydrogen (secondary N) is 1. The number of aromatic amines is 1. The highest BCUT2D eigenvalue weighted by atomic mass is 35.5. The standard InChI is InChI=1S/C36H46ClN3O7Si/c1-20-29(34(43)44-9)31-30-22(17-37)18-40(24(30)16-26(32(31)38-20)47-48(10,11)36(5,6)7)33(42)27-15-21-14-23(12-13-25(21)45-27)39(8)19-28(41)46-35(2,3)4/h12-16,22,38H,17-19H2,1-11H3/t22-/m1/s1. The molecule has 1 aliphatic heterocycles. The van der Waals surface area contributed by atoms with Gasteiger partial charge in [-0.2, -0.15) is 0 Å². The van der Waals surface area contributed by atoms with E-state index in [0.29, 0.717) is 51.1 Å². The molecule has 0 fully saturated rings. The number of H-pyrrole nitrogens is 1. The summed E-state index contributed by atoms with van der Waals surface area (Å²) in [7, 11) is 0.807. The Morgan fingerprint density at radius 2 is 1.79 bits per heavy atom. The van der Waals surface area contributed by atoms with Crippen LogP contribution < -0.4 is 14.2 Å². The van der Waals surface area contributed by atoms with Crippen molar-refractivity contribution >= 4 is 71.0 Å². The zero-order chi connectivity index (χ0) is 35.5. The predicted octanol–water partition coefficient (Wildman–Crippen LogP) is 8.15. The molecule has 5 rings (SSSR count). The SMILES string of the molecule is COC(=O)c1c(C)[nH]c2c(O[Si](C)(C)C(C)(C)C)cc3c(c12)[C@H](CCl)CN3C(=O)c1cc2cc(N(C)CC(=O)OC(C)(C)C)ccc2o1. The van der Waals surface area contributed by atoms with Crippen molar-refractivity contribution in [2.45, 2.75) is 78.1 Å². The molecule has 2 aromatic heterocycles. The number of aryl methyl sites for hydroxylation is 1. The monoisotopic (exact) mass is 695 g/mol. The molecule has 0 spiro atoms. The highest BCUT2D eigenvalue weighted by Gasteiger charge is 2.42. The number of amides is 1. The van der Waals surface area contributed by atoms with E-state index in [1.807, 2.05) is 45.9 Å². The van der Waals surface area contributed by atoms with E-state index in [4.69, 9.17) is 29.9 Å². The second kappa shape index (κ2) is 12.5. The zero-order valence-corrected chi connectivity index (χ0v) is 31.5. The molecule has 12 heteroatoms. The molecule has 1 N–H and O–H groups in total. The van der Waals surface area contributed by atoms with Crippen LogP contribution in [0.1, 0.15) is 79.6 Å². The average molecular weight is 696 g/mol. The second-order valence-corrected chi connectivity index (χ2v) is 20.1. The van der Waals surface area contributed by atoms with Gasteiger partial charge in [0, 0.05) is 53.6 Å². The molecule has 48 heavy (non-hydrogen) atoms. The molecule has 0 aliphatic carbocycles. The number of esters is 2. The molecule has 1 amide bonds. The number of hydrogen-bond donors (Lipinski definition) is 1. The highest BCUT2D eigenvalue weighted by Crippen LogP contribution is 2.49. The van der Waals surface area contributed by atoms with Crippen LogP contribution in [0.4, 0.5) is 11.4 Å². The van der Waals surface area contributed by atoms with Gasteiger partial charge in [-0.25, -0.2) is 4.79 Å². The molecule has 1 atom stereocenters. The quantitative estimate of drug-likeness (QED) is 0.112. The lowest BCUT2D eigenvalue weighted by atomic mass is 9.95. The van der Waals surface area contributed by atoms with Gasteiger partial charge in [-0.05, 0) is 75.7 Å². The Balaban J connectivity index is 1.58. The summed E-state index contributed by atoms with van der Waals surface area (Å²) in [5, 5.41) is 1.27. The number of furan rings is 1. The Kier molecular flexibility index (Phi) is 9.20. The third-order valence-electron chi connectivity index (χ3n) is 9.28. The minimum atomic E-state index is -2.35. The van der Waals surface area contributed by atoms with E-state index in [9.17, 15) is 14.4 Å². The molecule has 0 saturated heterocycles. The van der Waals surface area contributed by atoms with Crippen molar-refractivity contribution < 1.29 is 32.7 Å². The smallest absolute Gasteiger partial charge is 0.340 e. The van der Waals surface area contributed by atoms with E-state index in [-0.39, 0.29) is 41.0 Å². The molecule has 3 heterocycles. The zero-order valence-electron chi connectivity index (χ0n) is 29.7. The van der Waals surface area contributed by atoms with Gasteiger partial charge in [0.1, 0.15) is 23.5 Å². The van der Waals surface area contributed by atoms with Crippen molar-refractivity contribution in [3.8, 4) is 5.75 Å². The summed E-state index contributed by atoms with van der Waals surface area (Å²) in [4.78, 5) is 46.7. The lowest BCUT2D eigenvalue weighted by Crippen LogP contribution is -2.44. The van der Waals surface area contributed by atoms with Crippen molar-refractivity contribution in [1.82, 2.24) is 4.98 Å². The van der Waals surface area contributed by atoms with E-state index in [1.54, 1.807) is 29.0 Å². The maximum atomic E-state index is 14.3. The maximum Gasteiger partial charge on any atom is 0.340 e. The van der Waals surface area contributed by atoms with Gasteiger partial charge in [-0.15, -0.1) is 11.6 Å². The molecule has 0 bridgehead atoms. The predicted molar refractivity (Wildman–Crippen MR) is 193 cm³/mol. The number of carbonyl (C=O) groups is 3. The van der Waals surface area contributed by atoms with Gasteiger partial charge in [0.05, 0.1) is 23.9 Å². The fourth-order valence-electron chi connectivity index (χ4n) is 5.88. The first-order chi connectivity index (χ1) is 22.3. The molecule has 0 saturated carbocycles. The summed E-state index contributed by atoms with van der Waals surface area (Å²) < 4.78 is 23.6. The topological polar surface area (TPSA) is 114 Å². The number of ether oxygens (including phenoxy) is 2. The van der Waals surface area contributed by atoms with Crippen molar-refractivity contribution in [2.75, 3.05) is 42.9 Å². The Hall–Kier alpha value is -3.96. The fraction of sp³-hybridized carbons (Fsp3) is 0.472. The Bertz CT molecular complexity index is 1910. The Labute approximate surface area is 287 Å². The van der Waals surface area contributed by atoms with E-state index >= 15 is 0 Å². The van der Waals surface area contributed by atoms with Crippen LogP contribution in [-0.2, 0) is 14.3 Å². The van der Waals surface area contributed by atoms with Gasteiger partial charge in [-0.3, -0.25) is 9.59 Å². The van der Waals surface area contributed by atoms with Crippen LogP contribution in [-0.4, -0.2) is 69.9 Å². The number of anilines is 2. The molecule has 0 radical (unpaired) electrons. The van der Waals surface area contributed by atoms with Crippen LogP contribution in [0.15, 0.2) is 34.7 Å². The molecule has 2 aromatic carbocycles. The van der Waals surface area contributed by atoms with Crippen LogP contribution in [0.5, 0.6) is 5.75 Å². The first-order valence-electron chi connectivity index (χ1n) is 16.1. The normalized spacial score (nSPS) is 15.2. The van der Waals surface area contributed by atoms with E-state index in [0.717, 1.165) is 11.3 Å². The van der Waals surface area contributed by atoms with E-state index in [2.05, 4.69) is 38.8 Å². The summed E-state index contributed by atoms with van der Waals surface area (Å²) in [5.41, 5.74) is 3.88. The molecular formula is C36H46ClN3O7Si. The van der Waals surface area contributed by atoms with Gasteiger partial charge in [0.25, 0.3) is 14.2 Å². The number of hydrogen-bond acceptors (Lipinski definition) is 8. The highest BCUT2D eigenvalue weighted by molar-refractivity contribution is 6.74. The van der Waals surface area contributed by atoms with Crippen LogP contribution in [0.25, 0.3) is 21.9 Å². The first-order valence-corrected chi connectivity index (χ1v) is 19.5. The van der Waals surface area contributed by atoms with Crippen molar-refractivity contribution in [2.24, 2.45) is 0 Å². The molecular weight excluding hydrogens is 650 g/mol. The number of benzene rings is 2. The largest absolute Gasteiger partial charge is 0.542 e. The van der Waals surface area contributed by atoms with Gasteiger partial charge in [0.2, 0.25) is 0 Å².